The third-order valence-corrected chi connectivity index (χ3v) is 2.94. The van der Waals surface area contributed by atoms with Crippen LogP contribution in [0.15, 0.2) is 18.2 Å². The highest BCUT2D eigenvalue weighted by atomic mass is 32.2. The Balaban J connectivity index is 2.61. The first-order valence-electron chi connectivity index (χ1n) is 5.26. The molecule has 2 N–H and O–H groups in total. The number of methoxy groups -OCH3 is 1. The zero-order valence-corrected chi connectivity index (χ0v) is 11.0. The Morgan fingerprint density at radius 1 is 1.38 bits per heavy atom. The number of ether oxygens (including phenoxy) is 1. The van der Waals surface area contributed by atoms with Gasteiger partial charge in [0, 0.05) is 30.6 Å². The molecule has 3 nitrogen and oxygen atoms in total. The molecule has 0 fully saturated rings. The summed E-state index contributed by atoms with van der Waals surface area (Å²) in [4.78, 5) is 2.28. The van der Waals surface area contributed by atoms with Gasteiger partial charge in [0.05, 0.1) is 7.11 Å². The molecule has 0 radical (unpaired) electrons. The first-order chi connectivity index (χ1) is 7.65. The predicted molar refractivity (Wildman–Crippen MR) is 72.1 cm³/mol. The van der Waals surface area contributed by atoms with Crippen molar-refractivity contribution in [1.29, 1.82) is 0 Å². The number of hydrogen-bond donors (Lipinski definition) is 1. The van der Waals surface area contributed by atoms with Gasteiger partial charge < -0.3 is 15.4 Å². The zero-order valence-electron chi connectivity index (χ0n) is 10.2. The van der Waals surface area contributed by atoms with Gasteiger partial charge in [-0.1, -0.05) is 0 Å². The fourth-order valence-electron chi connectivity index (χ4n) is 1.53. The largest absolute Gasteiger partial charge is 0.497 e. The molecule has 0 bridgehead atoms. The first kappa shape index (κ1) is 13.2. The lowest BCUT2D eigenvalue weighted by atomic mass is 10.2. The van der Waals surface area contributed by atoms with Gasteiger partial charge in [0.1, 0.15) is 5.75 Å². The number of nitrogens with two attached hydrogens (primary N) is 1. The van der Waals surface area contributed by atoms with Gasteiger partial charge in [0.15, 0.2) is 0 Å². The highest BCUT2D eigenvalue weighted by Crippen LogP contribution is 2.19. The molecular weight excluding hydrogens is 220 g/mol. The van der Waals surface area contributed by atoms with Crippen molar-refractivity contribution in [2.45, 2.75) is 6.54 Å². The van der Waals surface area contributed by atoms with E-state index in [1.165, 1.54) is 5.56 Å². The Morgan fingerprint density at radius 3 is 2.75 bits per heavy atom. The molecule has 0 aliphatic rings. The normalized spacial score (nSPS) is 10.8. The molecular formula is C12H20N2OS. The molecule has 0 heterocycles. The molecule has 0 aliphatic heterocycles. The molecule has 16 heavy (non-hydrogen) atoms. The van der Waals surface area contributed by atoms with Crippen LogP contribution in [0.25, 0.3) is 0 Å². The Morgan fingerprint density at radius 2 is 2.12 bits per heavy atom. The summed E-state index contributed by atoms with van der Waals surface area (Å²) >= 11 is 1.86. The van der Waals surface area contributed by atoms with Crippen molar-refractivity contribution in [1.82, 2.24) is 4.90 Å². The van der Waals surface area contributed by atoms with E-state index in [1.807, 2.05) is 30.0 Å². The number of thioether (sulfide) groups is 1. The summed E-state index contributed by atoms with van der Waals surface area (Å²) in [5.74, 6) is 1.98. The second-order valence-corrected chi connectivity index (χ2v) is 4.83. The number of benzene rings is 1. The number of nitrogen functional groups attached to an aromatic ring is 1. The third-order valence-electron chi connectivity index (χ3n) is 2.35. The molecule has 0 spiro atoms. The average molecular weight is 240 g/mol. The smallest absolute Gasteiger partial charge is 0.121 e. The summed E-state index contributed by atoms with van der Waals surface area (Å²) in [6, 6.07) is 5.87. The van der Waals surface area contributed by atoms with Crippen molar-refractivity contribution in [3.63, 3.8) is 0 Å². The van der Waals surface area contributed by atoms with Crippen LogP contribution in [0.4, 0.5) is 5.69 Å². The van der Waals surface area contributed by atoms with Crippen molar-refractivity contribution in [3.8, 4) is 5.75 Å². The van der Waals surface area contributed by atoms with E-state index in [1.54, 1.807) is 7.11 Å². The predicted octanol–water partition coefficient (Wildman–Crippen LogP) is 2.07. The molecule has 1 aromatic rings. The SMILES string of the molecule is COc1cc(N)cc(CN(C)CCSC)c1. The summed E-state index contributed by atoms with van der Waals surface area (Å²) in [7, 11) is 3.78. The minimum absolute atomic E-state index is 0.757. The lowest BCUT2D eigenvalue weighted by Crippen LogP contribution is -2.20. The lowest BCUT2D eigenvalue weighted by Gasteiger charge is -2.16. The highest BCUT2D eigenvalue weighted by molar-refractivity contribution is 7.98. The fourth-order valence-corrected chi connectivity index (χ4v) is 2.03. The van der Waals surface area contributed by atoms with Crippen molar-refractivity contribution >= 4 is 17.4 Å². The minimum atomic E-state index is 0.757. The highest BCUT2D eigenvalue weighted by Gasteiger charge is 2.03. The van der Waals surface area contributed by atoms with Gasteiger partial charge in [-0.15, -0.1) is 0 Å². The number of hydrogen-bond acceptors (Lipinski definition) is 4. The van der Waals surface area contributed by atoms with Crippen LogP contribution in [0.3, 0.4) is 0 Å². The van der Waals surface area contributed by atoms with Crippen LogP contribution in [0.2, 0.25) is 0 Å². The molecule has 0 atom stereocenters. The van der Waals surface area contributed by atoms with Crippen LogP contribution in [0, 0.1) is 0 Å². The summed E-state index contributed by atoms with van der Waals surface area (Å²) < 4.78 is 5.20. The maximum Gasteiger partial charge on any atom is 0.121 e. The molecule has 90 valence electrons. The van der Waals surface area contributed by atoms with Crippen LogP contribution < -0.4 is 10.5 Å². The van der Waals surface area contributed by atoms with Gasteiger partial charge in [-0.25, -0.2) is 0 Å². The standard InChI is InChI=1S/C12H20N2OS/c1-14(4-5-16-3)9-10-6-11(13)8-12(7-10)15-2/h6-8H,4-5,9,13H2,1-3H3. The quantitative estimate of drug-likeness (QED) is 0.773. The molecule has 0 unspecified atom stereocenters. The van der Waals surface area contributed by atoms with Crippen molar-refractivity contribution in [3.05, 3.63) is 23.8 Å². The van der Waals surface area contributed by atoms with Gasteiger partial charge in [-0.2, -0.15) is 11.8 Å². The van der Waals surface area contributed by atoms with Crippen LogP contribution >= 0.6 is 11.8 Å². The van der Waals surface area contributed by atoms with E-state index >= 15 is 0 Å². The Bertz CT molecular complexity index is 331. The minimum Gasteiger partial charge on any atom is -0.497 e. The summed E-state index contributed by atoms with van der Waals surface area (Å²) in [6.07, 6.45) is 2.12. The average Bonchev–Trinajstić information content (AvgIpc) is 2.25. The van der Waals surface area contributed by atoms with Gasteiger partial charge in [-0.05, 0) is 31.0 Å². The molecule has 4 heteroatoms. The molecule has 0 aromatic heterocycles. The Hall–Kier alpha value is -0.870. The second-order valence-electron chi connectivity index (χ2n) is 3.85. The van der Waals surface area contributed by atoms with E-state index < -0.39 is 0 Å². The van der Waals surface area contributed by atoms with Gasteiger partial charge in [0.25, 0.3) is 0 Å². The summed E-state index contributed by atoms with van der Waals surface area (Å²) in [5.41, 5.74) is 7.76. The third kappa shape index (κ3) is 4.33. The molecule has 0 saturated heterocycles. The van der Waals surface area contributed by atoms with Crippen LogP contribution in [0.1, 0.15) is 5.56 Å². The van der Waals surface area contributed by atoms with Crippen molar-refractivity contribution < 1.29 is 4.74 Å². The van der Waals surface area contributed by atoms with Gasteiger partial charge in [0.2, 0.25) is 0 Å². The van der Waals surface area contributed by atoms with E-state index in [2.05, 4.69) is 18.2 Å². The molecule has 0 amide bonds. The van der Waals surface area contributed by atoms with Crippen LogP contribution in [0.5, 0.6) is 5.75 Å². The fraction of sp³-hybridized carbons (Fsp3) is 0.500. The topological polar surface area (TPSA) is 38.5 Å². The maximum absolute atomic E-state index is 5.81. The van der Waals surface area contributed by atoms with Crippen molar-refractivity contribution in [2.24, 2.45) is 0 Å². The van der Waals surface area contributed by atoms with E-state index in [-0.39, 0.29) is 0 Å². The maximum atomic E-state index is 5.81. The second kappa shape index (κ2) is 6.66. The van der Waals surface area contributed by atoms with Gasteiger partial charge >= 0.3 is 0 Å². The number of rotatable bonds is 6. The van der Waals surface area contributed by atoms with Gasteiger partial charge in [-0.3, -0.25) is 0 Å². The Labute approximate surface area is 102 Å². The zero-order chi connectivity index (χ0) is 12.0. The first-order valence-corrected chi connectivity index (χ1v) is 6.66. The van der Waals surface area contributed by atoms with E-state index in [4.69, 9.17) is 10.5 Å². The van der Waals surface area contributed by atoms with E-state index in [0.29, 0.717) is 0 Å². The number of nitrogens with zero attached hydrogens (tertiary/aromatic N) is 1. The number of anilines is 1. The van der Waals surface area contributed by atoms with Crippen LogP contribution in [-0.4, -0.2) is 37.6 Å². The summed E-state index contributed by atoms with van der Waals surface area (Å²) in [5, 5.41) is 0. The van der Waals surface area contributed by atoms with Crippen molar-refractivity contribution in [2.75, 3.05) is 38.4 Å². The molecule has 0 saturated carbocycles. The monoisotopic (exact) mass is 240 g/mol. The Kier molecular flexibility index (Phi) is 5.49. The van der Waals surface area contributed by atoms with Crippen LogP contribution in [-0.2, 0) is 6.54 Å². The van der Waals surface area contributed by atoms with E-state index in [9.17, 15) is 0 Å². The molecule has 0 aliphatic carbocycles. The van der Waals surface area contributed by atoms with E-state index in [0.717, 1.165) is 30.3 Å². The molecule has 1 rings (SSSR count). The summed E-state index contributed by atoms with van der Waals surface area (Å²) in [6.45, 7) is 1.99. The lowest BCUT2D eigenvalue weighted by molar-refractivity contribution is 0.347. The molecule has 1 aromatic carbocycles.